The summed E-state index contributed by atoms with van der Waals surface area (Å²) in [6, 6.07) is 15.3. The Bertz CT molecular complexity index is 889. The normalized spacial score (nSPS) is 22.7. The molecule has 1 aliphatic heterocycles. The fourth-order valence-electron chi connectivity index (χ4n) is 2.80. The van der Waals surface area contributed by atoms with E-state index in [9.17, 15) is 13.2 Å². The number of nitrogens with zero attached hydrogens (tertiary/aromatic N) is 1. The molecule has 130 valence electrons. The molecular formula is C19H19NO4S. The zero-order valence-corrected chi connectivity index (χ0v) is 14.8. The highest BCUT2D eigenvalue weighted by atomic mass is 32.2. The number of aryl methyl sites for hydroxylation is 1. The molecule has 0 aliphatic carbocycles. The van der Waals surface area contributed by atoms with Gasteiger partial charge in [-0.05, 0) is 24.6 Å². The van der Waals surface area contributed by atoms with E-state index in [4.69, 9.17) is 0 Å². The minimum atomic E-state index is -3.65. The molecule has 0 amide bonds. The fourth-order valence-corrected chi connectivity index (χ4v) is 4.54. The first kappa shape index (κ1) is 17.4. The van der Waals surface area contributed by atoms with Gasteiger partial charge in [-0.25, -0.2) is 13.2 Å². The summed E-state index contributed by atoms with van der Waals surface area (Å²) < 4.78 is 31.9. The lowest BCUT2D eigenvalue weighted by Gasteiger charge is -2.06. The van der Waals surface area contributed by atoms with Gasteiger partial charge in [-0.2, -0.15) is 4.31 Å². The van der Waals surface area contributed by atoms with Gasteiger partial charge in [0.15, 0.2) is 0 Å². The highest BCUT2D eigenvalue weighted by Crippen LogP contribution is 2.48. The van der Waals surface area contributed by atoms with Gasteiger partial charge in [0, 0.05) is 6.08 Å². The van der Waals surface area contributed by atoms with Crippen LogP contribution in [0, 0.1) is 6.92 Å². The number of sulfonamides is 1. The number of esters is 1. The molecule has 3 atom stereocenters. The number of hydrogen-bond acceptors (Lipinski definition) is 4. The predicted octanol–water partition coefficient (Wildman–Crippen LogP) is 2.84. The summed E-state index contributed by atoms with van der Waals surface area (Å²) >= 11 is 0. The molecule has 0 N–H and O–H groups in total. The summed E-state index contributed by atoms with van der Waals surface area (Å²) in [4.78, 5) is 11.6. The van der Waals surface area contributed by atoms with Gasteiger partial charge in [0.05, 0.1) is 24.1 Å². The van der Waals surface area contributed by atoms with Crippen LogP contribution in [0.15, 0.2) is 71.6 Å². The first-order valence-electron chi connectivity index (χ1n) is 7.86. The van der Waals surface area contributed by atoms with Crippen molar-refractivity contribution in [3.8, 4) is 0 Å². The van der Waals surface area contributed by atoms with Crippen LogP contribution in [0.25, 0.3) is 0 Å². The molecule has 1 saturated heterocycles. The smallest absolute Gasteiger partial charge is 0.330 e. The first-order chi connectivity index (χ1) is 11.9. The number of carbonyl (C=O) groups excluding carboxylic acids is 1. The second-order valence-corrected chi connectivity index (χ2v) is 7.72. The van der Waals surface area contributed by atoms with Crippen LogP contribution in [-0.4, -0.2) is 31.8 Å². The third kappa shape index (κ3) is 3.50. The molecule has 3 unspecified atom stereocenters. The monoisotopic (exact) mass is 357 g/mol. The Morgan fingerprint density at radius 2 is 1.72 bits per heavy atom. The number of ether oxygens (including phenoxy) is 1. The molecular weight excluding hydrogens is 338 g/mol. The number of benzene rings is 2. The quantitative estimate of drug-likeness (QED) is 0.469. The van der Waals surface area contributed by atoms with E-state index in [0.717, 1.165) is 11.1 Å². The molecule has 2 aromatic rings. The van der Waals surface area contributed by atoms with E-state index in [2.05, 4.69) is 4.74 Å². The van der Waals surface area contributed by atoms with E-state index >= 15 is 0 Å². The maximum atomic E-state index is 12.9. The summed E-state index contributed by atoms with van der Waals surface area (Å²) in [5, 5.41) is 0. The molecule has 0 saturated carbocycles. The molecule has 6 heteroatoms. The topological polar surface area (TPSA) is 63.5 Å². The molecule has 0 spiro atoms. The number of rotatable bonds is 5. The Hall–Kier alpha value is -2.44. The molecule has 1 fully saturated rings. The lowest BCUT2D eigenvalue weighted by molar-refractivity contribution is -0.134. The number of methoxy groups -OCH3 is 1. The van der Waals surface area contributed by atoms with Crippen LogP contribution in [0.2, 0.25) is 0 Å². The lowest BCUT2D eigenvalue weighted by Crippen LogP contribution is -2.14. The molecule has 5 nitrogen and oxygen atoms in total. The van der Waals surface area contributed by atoms with Crippen molar-refractivity contribution in [2.45, 2.75) is 23.9 Å². The fraction of sp³-hybridized carbons (Fsp3) is 0.211. The van der Waals surface area contributed by atoms with Gasteiger partial charge in [-0.1, -0.05) is 54.1 Å². The standard InChI is InChI=1S/C19H19NO4S/c1-14-8-10-15(11-9-14)19-17(12-13-18(21)24-2)20(19)25(22,23)16-6-4-3-5-7-16/h3-13,17,19H,1-2H3/b13-12+. The van der Waals surface area contributed by atoms with Crippen molar-refractivity contribution >= 4 is 16.0 Å². The number of carbonyl (C=O) groups is 1. The van der Waals surface area contributed by atoms with Crippen LogP contribution >= 0.6 is 0 Å². The molecule has 2 aromatic carbocycles. The van der Waals surface area contributed by atoms with E-state index in [1.165, 1.54) is 17.5 Å². The second-order valence-electron chi connectivity index (χ2n) is 5.88. The van der Waals surface area contributed by atoms with Crippen LogP contribution in [0.4, 0.5) is 0 Å². The zero-order valence-electron chi connectivity index (χ0n) is 14.0. The van der Waals surface area contributed by atoms with Gasteiger partial charge in [-0.3, -0.25) is 0 Å². The number of hydrogen-bond donors (Lipinski definition) is 0. The summed E-state index contributed by atoms with van der Waals surface area (Å²) in [5.74, 6) is -0.508. The molecule has 3 rings (SSSR count). The Labute approximate surface area is 147 Å². The maximum absolute atomic E-state index is 12.9. The molecule has 25 heavy (non-hydrogen) atoms. The lowest BCUT2D eigenvalue weighted by atomic mass is 10.1. The van der Waals surface area contributed by atoms with E-state index in [1.54, 1.807) is 36.4 Å². The van der Waals surface area contributed by atoms with E-state index in [1.807, 2.05) is 31.2 Å². The van der Waals surface area contributed by atoms with Gasteiger partial charge in [-0.15, -0.1) is 0 Å². The van der Waals surface area contributed by atoms with Gasteiger partial charge >= 0.3 is 5.97 Å². The van der Waals surface area contributed by atoms with Crippen molar-refractivity contribution in [3.05, 3.63) is 77.9 Å². The Morgan fingerprint density at radius 1 is 1.08 bits per heavy atom. The van der Waals surface area contributed by atoms with Crippen LogP contribution in [0.3, 0.4) is 0 Å². The van der Waals surface area contributed by atoms with E-state index in [0.29, 0.717) is 0 Å². The highest BCUT2D eigenvalue weighted by Gasteiger charge is 2.54. The molecule has 1 heterocycles. The highest BCUT2D eigenvalue weighted by molar-refractivity contribution is 7.89. The minimum Gasteiger partial charge on any atom is -0.466 e. The zero-order chi connectivity index (χ0) is 18.0. The van der Waals surface area contributed by atoms with Crippen molar-refractivity contribution in [1.82, 2.24) is 4.31 Å². The molecule has 0 bridgehead atoms. The molecule has 0 aromatic heterocycles. The van der Waals surface area contributed by atoms with Crippen LogP contribution < -0.4 is 0 Å². The van der Waals surface area contributed by atoms with Gasteiger partial charge < -0.3 is 4.74 Å². The van der Waals surface area contributed by atoms with Crippen molar-refractivity contribution in [1.29, 1.82) is 0 Å². The molecule has 0 radical (unpaired) electrons. The molecule has 1 aliphatic rings. The minimum absolute atomic E-state index is 0.237. The van der Waals surface area contributed by atoms with Crippen molar-refractivity contribution < 1.29 is 17.9 Å². The predicted molar refractivity (Wildman–Crippen MR) is 94.3 cm³/mol. The average molecular weight is 357 g/mol. The first-order valence-corrected chi connectivity index (χ1v) is 9.30. The Balaban J connectivity index is 1.95. The van der Waals surface area contributed by atoms with Crippen molar-refractivity contribution in [2.75, 3.05) is 7.11 Å². The maximum Gasteiger partial charge on any atom is 0.330 e. The SMILES string of the molecule is COC(=O)/C=C/C1C(c2ccc(C)cc2)N1S(=O)(=O)c1ccccc1. The third-order valence-electron chi connectivity index (χ3n) is 4.17. The summed E-state index contributed by atoms with van der Waals surface area (Å²) in [6.45, 7) is 1.98. The second kappa shape index (κ2) is 6.82. The van der Waals surface area contributed by atoms with Crippen molar-refractivity contribution in [3.63, 3.8) is 0 Å². The summed E-state index contributed by atoms with van der Waals surface area (Å²) in [6.07, 6.45) is 2.85. The van der Waals surface area contributed by atoms with Gasteiger partial charge in [0.2, 0.25) is 10.0 Å². The van der Waals surface area contributed by atoms with Crippen LogP contribution in [0.1, 0.15) is 17.2 Å². The average Bonchev–Trinajstić information content (AvgIpc) is 3.36. The summed E-state index contributed by atoms with van der Waals surface area (Å²) in [5.41, 5.74) is 1.99. The van der Waals surface area contributed by atoms with Crippen LogP contribution in [0.5, 0.6) is 0 Å². The third-order valence-corrected chi connectivity index (χ3v) is 6.06. The summed E-state index contributed by atoms with van der Waals surface area (Å²) in [7, 11) is -2.36. The van der Waals surface area contributed by atoms with Gasteiger partial charge in [0.1, 0.15) is 0 Å². The Kier molecular flexibility index (Phi) is 4.74. The van der Waals surface area contributed by atoms with E-state index in [-0.39, 0.29) is 10.9 Å². The largest absolute Gasteiger partial charge is 0.466 e. The Morgan fingerprint density at radius 3 is 2.32 bits per heavy atom. The van der Waals surface area contributed by atoms with Crippen molar-refractivity contribution in [2.24, 2.45) is 0 Å². The van der Waals surface area contributed by atoms with E-state index < -0.39 is 22.0 Å². The van der Waals surface area contributed by atoms with Crippen LogP contribution in [-0.2, 0) is 19.6 Å². The van der Waals surface area contributed by atoms with Gasteiger partial charge in [0.25, 0.3) is 0 Å².